The molecule has 1 aromatic carbocycles. The molecule has 2 aromatic rings. The Hall–Kier alpha value is -2.21. The van der Waals surface area contributed by atoms with Gasteiger partial charge in [-0.15, -0.1) is 0 Å². The molecule has 1 aromatic heterocycles. The summed E-state index contributed by atoms with van der Waals surface area (Å²) in [7, 11) is 3.06. The number of ether oxygens (including phenoxy) is 2. The summed E-state index contributed by atoms with van der Waals surface area (Å²) < 4.78 is 11.4. The summed E-state index contributed by atoms with van der Waals surface area (Å²) in [6.07, 6.45) is 0. The second kappa shape index (κ2) is 6.05. The fourth-order valence-corrected chi connectivity index (χ4v) is 2.10. The van der Waals surface area contributed by atoms with Crippen molar-refractivity contribution in [2.45, 2.75) is 13.5 Å². The molecule has 0 aliphatic carbocycles. The second-order valence-corrected chi connectivity index (χ2v) is 4.82. The van der Waals surface area contributed by atoms with Crippen molar-refractivity contribution < 1.29 is 9.47 Å². The Morgan fingerprint density at radius 1 is 1.24 bits per heavy atom. The van der Waals surface area contributed by atoms with Crippen molar-refractivity contribution >= 4 is 11.6 Å². The van der Waals surface area contributed by atoms with Crippen molar-refractivity contribution in [2.24, 2.45) is 0 Å². The Kier molecular flexibility index (Phi) is 4.37. The third kappa shape index (κ3) is 2.95. The molecule has 2 rings (SSSR count). The van der Waals surface area contributed by atoms with Gasteiger partial charge in [-0.3, -0.25) is 14.3 Å². The van der Waals surface area contributed by atoms with Crippen LogP contribution in [0.4, 0.5) is 0 Å². The molecule has 0 aliphatic heterocycles. The first kappa shape index (κ1) is 15.2. The highest BCUT2D eigenvalue weighted by Crippen LogP contribution is 2.24. The zero-order valence-electron chi connectivity index (χ0n) is 11.9. The standard InChI is InChI=1S/C14H15ClN2O4/c1-8-12(15)16-14(19)17(13(8)18)7-9-4-5-10(20-2)6-11(9)21-3/h4-6H,7H2,1-3H3,(H,16,19). The maximum Gasteiger partial charge on any atom is 0.329 e. The Bertz CT molecular complexity index is 780. The third-order valence-corrected chi connectivity index (χ3v) is 3.56. The first-order valence-electron chi connectivity index (χ1n) is 6.18. The molecule has 6 nitrogen and oxygen atoms in total. The largest absolute Gasteiger partial charge is 0.497 e. The number of hydrogen-bond acceptors (Lipinski definition) is 4. The van der Waals surface area contributed by atoms with E-state index in [1.165, 1.54) is 7.11 Å². The van der Waals surface area contributed by atoms with Gasteiger partial charge in [-0.25, -0.2) is 4.79 Å². The van der Waals surface area contributed by atoms with Crippen molar-refractivity contribution in [2.75, 3.05) is 14.2 Å². The van der Waals surface area contributed by atoms with E-state index < -0.39 is 11.2 Å². The van der Waals surface area contributed by atoms with Crippen LogP contribution in [0.15, 0.2) is 27.8 Å². The van der Waals surface area contributed by atoms with E-state index in [4.69, 9.17) is 21.1 Å². The van der Waals surface area contributed by atoms with E-state index in [-0.39, 0.29) is 11.7 Å². The quantitative estimate of drug-likeness (QED) is 0.870. The molecule has 112 valence electrons. The van der Waals surface area contributed by atoms with Gasteiger partial charge in [-0.1, -0.05) is 11.6 Å². The average molecular weight is 311 g/mol. The molecule has 0 saturated carbocycles. The first-order chi connectivity index (χ1) is 9.97. The Morgan fingerprint density at radius 2 is 1.95 bits per heavy atom. The lowest BCUT2D eigenvalue weighted by Crippen LogP contribution is -2.36. The van der Waals surface area contributed by atoms with Gasteiger partial charge >= 0.3 is 5.69 Å². The van der Waals surface area contributed by atoms with Crippen LogP contribution in [0.2, 0.25) is 5.15 Å². The fraction of sp³-hybridized carbons (Fsp3) is 0.286. The van der Waals surface area contributed by atoms with Gasteiger partial charge in [-0.2, -0.15) is 0 Å². The number of nitrogens with zero attached hydrogens (tertiary/aromatic N) is 1. The number of methoxy groups -OCH3 is 2. The predicted octanol–water partition coefficient (Wildman–Crippen LogP) is 1.56. The van der Waals surface area contributed by atoms with Crippen LogP contribution in [0.25, 0.3) is 0 Å². The van der Waals surface area contributed by atoms with Crippen molar-refractivity contribution in [1.29, 1.82) is 0 Å². The van der Waals surface area contributed by atoms with Gasteiger partial charge in [-0.05, 0) is 19.1 Å². The van der Waals surface area contributed by atoms with Gasteiger partial charge in [0.2, 0.25) is 0 Å². The normalized spacial score (nSPS) is 10.5. The average Bonchev–Trinajstić information content (AvgIpc) is 2.49. The molecular weight excluding hydrogens is 296 g/mol. The number of H-pyrrole nitrogens is 1. The number of rotatable bonds is 4. The molecule has 21 heavy (non-hydrogen) atoms. The van der Waals surface area contributed by atoms with Crippen LogP contribution in [0.1, 0.15) is 11.1 Å². The van der Waals surface area contributed by atoms with Crippen LogP contribution < -0.4 is 20.7 Å². The van der Waals surface area contributed by atoms with Gasteiger partial charge in [0.1, 0.15) is 16.7 Å². The van der Waals surface area contributed by atoms with Gasteiger partial charge in [0, 0.05) is 17.2 Å². The molecule has 0 aliphatic rings. The van der Waals surface area contributed by atoms with Crippen molar-refractivity contribution in [3.63, 3.8) is 0 Å². The number of benzene rings is 1. The minimum absolute atomic E-state index is 0.0583. The van der Waals surface area contributed by atoms with E-state index in [1.54, 1.807) is 32.2 Å². The zero-order valence-corrected chi connectivity index (χ0v) is 12.7. The molecule has 0 bridgehead atoms. The van der Waals surface area contributed by atoms with Crippen molar-refractivity contribution in [1.82, 2.24) is 9.55 Å². The monoisotopic (exact) mass is 310 g/mol. The Balaban J connectivity index is 2.51. The van der Waals surface area contributed by atoms with Gasteiger partial charge in [0.05, 0.1) is 20.8 Å². The first-order valence-corrected chi connectivity index (χ1v) is 6.55. The molecule has 0 amide bonds. The summed E-state index contributed by atoms with van der Waals surface area (Å²) in [5.74, 6) is 1.16. The number of halogens is 1. The third-order valence-electron chi connectivity index (χ3n) is 3.18. The van der Waals surface area contributed by atoms with E-state index in [9.17, 15) is 9.59 Å². The fourth-order valence-electron chi connectivity index (χ4n) is 1.94. The minimum Gasteiger partial charge on any atom is -0.497 e. The van der Waals surface area contributed by atoms with E-state index in [1.807, 2.05) is 0 Å². The van der Waals surface area contributed by atoms with Crippen molar-refractivity contribution in [3.8, 4) is 11.5 Å². The van der Waals surface area contributed by atoms with Gasteiger partial charge < -0.3 is 9.47 Å². The molecule has 0 fully saturated rings. The van der Waals surface area contributed by atoms with Crippen LogP contribution in [-0.2, 0) is 6.54 Å². The number of hydrogen-bond donors (Lipinski definition) is 1. The van der Waals surface area contributed by atoms with Crippen LogP contribution in [0.5, 0.6) is 11.5 Å². The summed E-state index contributed by atoms with van der Waals surface area (Å²) in [6, 6.07) is 5.17. The van der Waals surface area contributed by atoms with Crippen molar-refractivity contribution in [3.05, 3.63) is 55.3 Å². The van der Waals surface area contributed by atoms with E-state index in [0.717, 1.165) is 4.57 Å². The molecule has 1 heterocycles. The van der Waals surface area contributed by atoms with Crippen LogP contribution in [0, 0.1) is 6.92 Å². The minimum atomic E-state index is -0.562. The lowest BCUT2D eigenvalue weighted by Gasteiger charge is -2.12. The van der Waals surface area contributed by atoms with Crippen LogP contribution >= 0.6 is 11.6 Å². The number of nitrogens with one attached hydrogen (secondary N) is 1. The molecule has 1 N–H and O–H groups in total. The molecule has 0 spiro atoms. The Morgan fingerprint density at radius 3 is 2.57 bits per heavy atom. The predicted molar refractivity (Wildman–Crippen MR) is 79.7 cm³/mol. The summed E-state index contributed by atoms with van der Waals surface area (Å²) in [6.45, 7) is 1.64. The maximum absolute atomic E-state index is 12.1. The number of aromatic amines is 1. The molecule has 7 heteroatoms. The molecule has 0 unspecified atom stereocenters. The summed E-state index contributed by atoms with van der Waals surface area (Å²) in [5, 5.41) is 0.0583. The highest BCUT2D eigenvalue weighted by Gasteiger charge is 2.12. The second-order valence-electron chi connectivity index (χ2n) is 4.44. The zero-order chi connectivity index (χ0) is 15.6. The van der Waals surface area contributed by atoms with E-state index in [2.05, 4.69) is 4.98 Å². The lowest BCUT2D eigenvalue weighted by atomic mass is 10.2. The molecule has 0 saturated heterocycles. The van der Waals surface area contributed by atoms with Gasteiger partial charge in [0.15, 0.2) is 0 Å². The van der Waals surface area contributed by atoms with Crippen LogP contribution in [-0.4, -0.2) is 23.8 Å². The highest BCUT2D eigenvalue weighted by molar-refractivity contribution is 6.30. The topological polar surface area (TPSA) is 73.3 Å². The summed E-state index contributed by atoms with van der Waals surface area (Å²) >= 11 is 5.78. The SMILES string of the molecule is COc1ccc(Cn2c(=O)[nH]c(Cl)c(C)c2=O)c(OC)c1. The Labute approximate surface area is 125 Å². The molecule has 0 atom stereocenters. The smallest absolute Gasteiger partial charge is 0.329 e. The molecule has 0 radical (unpaired) electrons. The molecular formula is C14H15ClN2O4. The van der Waals surface area contributed by atoms with Crippen LogP contribution in [0.3, 0.4) is 0 Å². The lowest BCUT2D eigenvalue weighted by molar-refractivity contribution is 0.390. The van der Waals surface area contributed by atoms with Gasteiger partial charge in [0.25, 0.3) is 5.56 Å². The number of aromatic nitrogens is 2. The summed E-state index contributed by atoms with van der Waals surface area (Å²) in [4.78, 5) is 26.5. The maximum atomic E-state index is 12.1. The summed E-state index contributed by atoms with van der Waals surface area (Å²) in [5.41, 5.74) is -0.00791. The van der Waals surface area contributed by atoms with E-state index in [0.29, 0.717) is 22.6 Å². The van der Waals surface area contributed by atoms with E-state index >= 15 is 0 Å². The highest BCUT2D eigenvalue weighted by atomic mass is 35.5.